The van der Waals surface area contributed by atoms with Crippen molar-refractivity contribution in [1.82, 2.24) is 24.8 Å². The Morgan fingerprint density at radius 1 is 1.06 bits per heavy atom. The van der Waals surface area contributed by atoms with Gasteiger partial charge >= 0.3 is 0 Å². The van der Waals surface area contributed by atoms with Gasteiger partial charge in [0.2, 0.25) is 5.95 Å². The third-order valence-corrected chi connectivity index (χ3v) is 7.26. The minimum Gasteiger partial charge on any atom is -0.365 e. The second-order valence-corrected chi connectivity index (χ2v) is 9.72. The van der Waals surface area contributed by atoms with Crippen LogP contribution in [0.3, 0.4) is 0 Å². The van der Waals surface area contributed by atoms with Gasteiger partial charge in [0.05, 0.1) is 10.4 Å². The van der Waals surface area contributed by atoms with E-state index in [0.29, 0.717) is 11.6 Å². The maximum Gasteiger partial charge on any atom is 0.258 e. The van der Waals surface area contributed by atoms with Gasteiger partial charge in [0, 0.05) is 68.8 Å². The van der Waals surface area contributed by atoms with Gasteiger partial charge in [-0.1, -0.05) is 17.4 Å². The molecule has 0 saturated carbocycles. The molecule has 3 aromatic heterocycles. The minimum atomic E-state index is -0.264. The molecule has 2 N–H and O–H groups in total. The van der Waals surface area contributed by atoms with E-state index in [1.807, 2.05) is 19.3 Å². The van der Waals surface area contributed by atoms with Crippen LogP contribution in [0, 0.1) is 0 Å². The van der Waals surface area contributed by atoms with Crippen molar-refractivity contribution in [3.63, 3.8) is 0 Å². The molecule has 0 unspecified atom stereocenters. The third-order valence-electron chi connectivity index (χ3n) is 6.19. The summed E-state index contributed by atoms with van der Waals surface area (Å²) in [5, 5.41) is 7.79. The first kappa shape index (κ1) is 23.1. The lowest BCUT2D eigenvalue weighted by Gasteiger charge is -2.37. The number of carbonyl (C=O) groups is 1. The molecule has 9 nitrogen and oxygen atoms in total. The van der Waals surface area contributed by atoms with Crippen molar-refractivity contribution in [2.75, 3.05) is 48.8 Å². The number of hydrogen-bond donors (Lipinski definition) is 2. The second-order valence-electron chi connectivity index (χ2n) is 8.69. The first-order chi connectivity index (χ1) is 17.0. The van der Waals surface area contributed by atoms with Crippen LogP contribution in [0.1, 0.15) is 24.2 Å². The summed E-state index contributed by atoms with van der Waals surface area (Å²) in [6.45, 7) is 8.11. The van der Waals surface area contributed by atoms with E-state index in [-0.39, 0.29) is 11.9 Å². The molecule has 0 bridgehead atoms. The number of pyridine rings is 1. The van der Waals surface area contributed by atoms with Crippen LogP contribution in [-0.2, 0) is 0 Å². The number of hydrogen-bond acceptors (Lipinski definition) is 9. The number of nitrogens with zero attached hydrogens (tertiary/aromatic N) is 6. The Labute approximate surface area is 208 Å². The van der Waals surface area contributed by atoms with Crippen molar-refractivity contribution in [3.05, 3.63) is 54.5 Å². The number of thiazole rings is 1. The number of rotatable bonds is 6. The number of fused-ring (bicyclic) bond motifs is 1. The van der Waals surface area contributed by atoms with Gasteiger partial charge in [-0.3, -0.25) is 20.0 Å². The van der Waals surface area contributed by atoms with E-state index in [9.17, 15) is 4.79 Å². The highest BCUT2D eigenvalue weighted by atomic mass is 32.1. The fraction of sp³-hybridized carbons (Fsp3) is 0.320. The van der Waals surface area contributed by atoms with E-state index in [0.717, 1.165) is 58.5 Å². The van der Waals surface area contributed by atoms with Gasteiger partial charge in [-0.2, -0.15) is 4.98 Å². The molecule has 1 fully saturated rings. The monoisotopic (exact) mass is 488 g/mol. The minimum absolute atomic E-state index is 0.264. The van der Waals surface area contributed by atoms with Gasteiger partial charge in [0.1, 0.15) is 5.82 Å². The van der Waals surface area contributed by atoms with E-state index in [2.05, 4.69) is 56.4 Å². The Morgan fingerprint density at radius 2 is 1.83 bits per heavy atom. The van der Waals surface area contributed by atoms with E-state index < -0.39 is 0 Å². The van der Waals surface area contributed by atoms with Gasteiger partial charge in [0.15, 0.2) is 5.13 Å². The predicted octanol–water partition coefficient (Wildman–Crippen LogP) is 3.97. The molecule has 5 rings (SSSR count). The molecule has 4 aromatic rings. The fourth-order valence-electron chi connectivity index (χ4n) is 4.21. The van der Waals surface area contributed by atoms with Crippen LogP contribution in [0.4, 0.5) is 16.9 Å². The smallest absolute Gasteiger partial charge is 0.258 e. The van der Waals surface area contributed by atoms with Crippen molar-refractivity contribution in [3.8, 4) is 10.4 Å². The van der Waals surface area contributed by atoms with E-state index >= 15 is 0 Å². The topological polar surface area (TPSA) is 99.2 Å². The molecule has 1 saturated heterocycles. The lowest BCUT2D eigenvalue weighted by Crippen LogP contribution is -2.49. The molecule has 0 aliphatic carbocycles. The van der Waals surface area contributed by atoms with Crippen LogP contribution in [-0.4, -0.2) is 70.0 Å². The predicted molar refractivity (Wildman–Crippen MR) is 141 cm³/mol. The second kappa shape index (κ2) is 9.93. The van der Waals surface area contributed by atoms with Gasteiger partial charge in [-0.05, 0) is 43.7 Å². The normalized spacial score (nSPS) is 14.5. The molecule has 0 atom stereocenters. The maximum absolute atomic E-state index is 12.8. The lowest BCUT2D eigenvalue weighted by atomic mass is 10.1. The van der Waals surface area contributed by atoms with Gasteiger partial charge < -0.3 is 10.2 Å². The SMILES string of the molecule is CNc1ncc(-c2ccc3c(N4CCN(C(C)C)CC4)nc(NC(=O)c4ccncc4)nc3c2)s1. The lowest BCUT2D eigenvalue weighted by molar-refractivity contribution is 0.102. The number of piperazine rings is 1. The summed E-state index contributed by atoms with van der Waals surface area (Å²) in [4.78, 5) is 36.5. The Hall–Kier alpha value is -3.63. The summed E-state index contributed by atoms with van der Waals surface area (Å²) in [7, 11) is 1.86. The largest absolute Gasteiger partial charge is 0.365 e. The summed E-state index contributed by atoms with van der Waals surface area (Å²) in [5.74, 6) is 0.868. The number of amides is 1. The van der Waals surface area contributed by atoms with Crippen LogP contribution in [0.5, 0.6) is 0 Å². The molecule has 4 heterocycles. The van der Waals surface area contributed by atoms with E-state index in [4.69, 9.17) is 9.97 Å². The number of anilines is 3. The van der Waals surface area contributed by atoms with Crippen LogP contribution < -0.4 is 15.5 Å². The van der Waals surface area contributed by atoms with E-state index in [1.165, 1.54) is 0 Å². The van der Waals surface area contributed by atoms with Crippen molar-refractivity contribution in [1.29, 1.82) is 0 Å². The zero-order valence-corrected chi connectivity index (χ0v) is 20.8. The highest BCUT2D eigenvalue weighted by molar-refractivity contribution is 7.18. The molecule has 0 radical (unpaired) electrons. The molecular formula is C25H28N8OS. The quantitative estimate of drug-likeness (QED) is 0.421. The first-order valence-electron chi connectivity index (χ1n) is 11.7. The molecule has 1 aliphatic rings. The highest BCUT2D eigenvalue weighted by Crippen LogP contribution is 2.33. The van der Waals surface area contributed by atoms with Crippen molar-refractivity contribution in [2.24, 2.45) is 0 Å². The molecular weight excluding hydrogens is 460 g/mol. The summed E-state index contributed by atoms with van der Waals surface area (Å²) >= 11 is 1.58. The molecule has 35 heavy (non-hydrogen) atoms. The zero-order valence-electron chi connectivity index (χ0n) is 20.0. The molecule has 1 aromatic carbocycles. The third kappa shape index (κ3) is 4.94. The molecule has 1 amide bonds. The average Bonchev–Trinajstić information content (AvgIpc) is 3.38. The summed E-state index contributed by atoms with van der Waals surface area (Å²) in [6, 6.07) is 10.1. The van der Waals surface area contributed by atoms with Gasteiger partial charge in [-0.25, -0.2) is 9.97 Å². The number of carbonyl (C=O) groups excluding carboxylic acids is 1. The number of nitrogens with one attached hydrogen (secondary N) is 2. The molecule has 0 spiro atoms. The fourth-order valence-corrected chi connectivity index (χ4v) is 4.98. The van der Waals surface area contributed by atoms with Crippen molar-refractivity contribution >= 4 is 45.0 Å². The maximum atomic E-state index is 12.8. The van der Waals surface area contributed by atoms with Crippen LogP contribution in [0.2, 0.25) is 0 Å². The summed E-state index contributed by atoms with van der Waals surface area (Å²) < 4.78 is 0. The number of benzene rings is 1. The van der Waals surface area contributed by atoms with Crippen molar-refractivity contribution < 1.29 is 4.79 Å². The van der Waals surface area contributed by atoms with Crippen molar-refractivity contribution in [2.45, 2.75) is 19.9 Å². The van der Waals surface area contributed by atoms with Crippen LogP contribution in [0.25, 0.3) is 21.3 Å². The Balaban J connectivity index is 1.53. The van der Waals surface area contributed by atoms with E-state index in [1.54, 1.807) is 35.9 Å². The molecule has 180 valence electrons. The van der Waals surface area contributed by atoms with Gasteiger partial charge in [0.25, 0.3) is 5.91 Å². The van der Waals surface area contributed by atoms with Crippen LogP contribution in [0.15, 0.2) is 48.9 Å². The summed E-state index contributed by atoms with van der Waals surface area (Å²) in [5.41, 5.74) is 2.31. The Bertz CT molecular complexity index is 1330. The van der Waals surface area contributed by atoms with Crippen LogP contribution >= 0.6 is 11.3 Å². The number of aromatic nitrogens is 4. The Kier molecular flexibility index (Phi) is 6.56. The summed E-state index contributed by atoms with van der Waals surface area (Å²) in [6.07, 6.45) is 5.05. The molecule has 10 heteroatoms. The van der Waals surface area contributed by atoms with Gasteiger partial charge in [-0.15, -0.1) is 0 Å². The first-order valence-corrected chi connectivity index (χ1v) is 12.5. The average molecular weight is 489 g/mol. The highest BCUT2D eigenvalue weighted by Gasteiger charge is 2.23. The standard InChI is InChI=1S/C25H28N8OS/c1-16(2)32-10-12-33(13-11-32)22-19-5-4-18(21-15-28-25(26-3)35-21)14-20(19)29-24(30-22)31-23(34)17-6-8-27-9-7-17/h4-9,14-16H,10-13H2,1-3H3,(H,26,28)(H,29,30,31,34). The molecule has 1 aliphatic heterocycles. The Morgan fingerprint density at radius 3 is 2.51 bits per heavy atom. The zero-order chi connectivity index (χ0) is 24.4.